The van der Waals surface area contributed by atoms with Crippen LogP contribution >= 0.6 is 0 Å². The molecule has 0 radical (unpaired) electrons. The maximum Gasteiger partial charge on any atom is 0.255 e. The van der Waals surface area contributed by atoms with Gasteiger partial charge in [-0.25, -0.2) is 0 Å². The van der Waals surface area contributed by atoms with Crippen LogP contribution in [-0.2, 0) is 13.6 Å². The van der Waals surface area contributed by atoms with Gasteiger partial charge in [-0.2, -0.15) is 5.10 Å². The molecular weight excluding hydrogens is 242 g/mol. The Morgan fingerprint density at radius 1 is 1.47 bits per heavy atom. The topological polar surface area (TPSA) is 71.8 Å². The molecule has 0 aliphatic rings. The van der Waals surface area contributed by atoms with Gasteiger partial charge in [-0.1, -0.05) is 0 Å². The lowest BCUT2D eigenvalue weighted by molar-refractivity contribution is 0.0951. The molecule has 0 bridgehead atoms. The number of pyridine rings is 1. The number of hydrogen-bond donors (Lipinski definition) is 2. The third kappa shape index (κ3) is 3.09. The fourth-order valence-electron chi connectivity index (χ4n) is 1.77. The van der Waals surface area contributed by atoms with Gasteiger partial charge in [0, 0.05) is 32.2 Å². The molecule has 0 fully saturated rings. The van der Waals surface area contributed by atoms with Crippen LogP contribution in [-0.4, -0.2) is 27.7 Å². The van der Waals surface area contributed by atoms with Crippen LogP contribution < -0.4 is 10.6 Å². The number of nitrogens with zero attached hydrogens (tertiary/aromatic N) is 3. The summed E-state index contributed by atoms with van der Waals surface area (Å²) in [4.78, 5) is 16.2. The number of rotatable bonds is 4. The van der Waals surface area contributed by atoms with Crippen LogP contribution in [0.2, 0.25) is 0 Å². The smallest absolute Gasteiger partial charge is 0.255 e. The van der Waals surface area contributed by atoms with E-state index >= 15 is 0 Å². The van der Waals surface area contributed by atoms with Gasteiger partial charge in [0.1, 0.15) is 0 Å². The highest BCUT2D eigenvalue weighted by Crippen LogP contribution is 2.14. The minimum Gasteiger partial charge on any atom is -0.387 e. The molecule has 2 heterocycles. The summed E-state index contributed by atoms with van der Waals surface area (Å²) >= 11 is 0. The average molecular weight is 259 g/mol. The van der Waals surface area contributed by atoms with Crippen molar-refractivity contribution in [1.82, 2.24) is 20.1 Å². The third-order valence-corrected chi connectivity index (χ3v) is 2.75. The molecule has 0 saturated carbocycles. The van der Waals surface area contributed by atoms with Gasteiger partial charge < -0.3 is 10.6 Å². The molecule has 0 aliphatic carbocycles. The Morgan fingerprint density at radius 3 is 2.89 bits per heavy atom. The predicted octanol–water partition coefficient (Wildman–Crippen LogP) is 1.10. The van der Waals surface area contributed by atoms with E-state index in [-0.39, 0.29) is 5.91 Å². The number of hydrogen-bond acceptors (Lipinski definition) is 4. The van der Waals surface area contributed by atoms with Crippen molar-refractivity contribution < 1.29 is 4.79 Å². The molecule has 0 saturated heterocycles. The van der Waals surface area contributed by atoms with Gasteiger partial charge in [0.05, 0.1) is 23.5 Å². The highest BCUT2D eigenvalue weighted by Gasteiger charge is 2.11. The number of carbonyl (C=O) groups is 1. The third-order valence-electron chi connectivity index (χ3n) is 2.75. The van der Waals surface area contributed by atoms with Crippen LogP contribution in [0, 0.1) is 6.92 Å². The number of aromatic nitrogens is 3. The number of nitrogens with one attached hydrogen (secondary N) is 2. The van der Waals surface area contributed by atoms with E-state index in [9.17, 15) is 4.79 Å². The highest BCUT2D eigenvalue weighted by atomic mass is 16.1. The molecule has 2 N–H and O–H groups in total. The minimum absolute atomic E-state index is 0.164. The first-order valence-corrected chi connectivity index (χ1v) is 6.01. The largest absolute Gasteiger partial charge is 0.387 e. The lowest BCUT2D eigenvalue weighted by Crippen LogP contribution is -2.24. The normalized spacial score (nSPS) is 10.3. The first-order valence-electron chi connectivity index (χ1n) is 6.01. The Labute approximate surface area is 111 Å². The van der Waals surface area contributed by atoms with E-state index in [0.29, 0.717) is 12.1 Å². The van der Waals surface area contributed by atoms with Crippen molar-refractivity contribution in [3.05, 3.63) is 41.5 Å². The summed E-state index contributed by atoms with van der Waals surface area (Å²) in [5.41, 5.74) is 2.99. The standard InChI is InChI=1S/C13H17N5O/c1-9-6-12(14-2)11(8-15-9)13(19)16-7-10-4-5-18(3)17-10/h4-6,8H,7H2,1-3H3,(H,14,15)(H,16,19). The van der Waals surface area contributed by atoms with E-state index in [1.165, 1.54) is 0 Å². The highest BCUT2D eigenvalue weighted by molar-refractivity contribution is 5.99. The van der Waals surface area contributed by atoms with Crippen LogP contribution in [0.5, 0.6) is 0 Å². The van der Waals surface area contributed by atoms with Crippen molar-refractivity contribution in [2.45, 2.75) is 13.5 Å². The summed E-state index contributed by atoms with van der Waals surface area (Å²) in [7, 11) is 3.62. The van der Waals surface area contributed by atoms with Crippen LogP contribution in [0.1, 0.15) is 21.7 Å². The molecule has 0 unspecified atom stereocenters. The Bertz CT molecular complexity index is 590. The van der Waals surface area contributed by atoms with E-state index in [0.717, 1.165) is 17.1 Å². The molecule has 2 aromatic rings. The molecule has 2 rings (SSSR count). The summed E-state index contributed by atoms with van der Waals surface area (Å²) in [5, 5.41) is 10.0. The molecule has 6 heteroatoms. The number of aryl methyl sites for hydroxylation is 2. The predicted molar refractivity (Wildman–Crippen MR) is 72.9 cm³/mol. The van der Waals surface area contributed by atoms with Crippen molar-refractivity contribution in [2.24, 2.45) is 7.05 Å². The first kappa shape index (κ1) is 13.1. The number of anilines is 1. The van der Waals surface area contributed by atoms with Gasteiger partial charge in [0.15, 0.2) is 0 Å². The zero-order valence-corrected chi connectivity index (χ0v) is 11.3. The summed E-state index contributed by atoms with van der Waals surface area (Å²) < 4.78 is 1.70. The number of amides is 1. The van der Waals surface area contributed by atoms with E-state index in [4.69, 9.17) is 0 Å². The van der Waals surface area contributed by atoms with Crippen molar-refractivity contribution in [2.75, 3.05) is 12.4 Å². The van der Waals surface area contributed by atoms with E-state index in [2.05, 4.69) is 20.7 Å². The average Bonchev–Trinajstić information content (AvgIpc) is 2.81. The fourth-order valence-corrected chi connectivity index (χ4v) is 1.77. The zero-order chi connectivity index (χ0) is 13.8. The van der Waals surface area contributed by atoms with Gasteiger partial charge in [0.25, 0.3) is 5.91 Å². The fraction of sp³-hybridized carbons (Fsp3) is 0.308. The van der Waals surface area contributed by atoms with E-state index in [1.54, 1.807) is 17.9 Å². The second kappa shape index (κ2) is 5.51. The zero-order valence-electron chi connectivity index (χ0n) is 11.3. The molecule has 1 amide bonds. The molecule has 0 spiro atoms. The van der Waals surface area contributed by atoms with Crippen molar-refractivity contribution in [3.8, 4) is 0 Å². The second-order valence-electron chi connectivity index (χ2n) is 4.28. The monoisotopic (exact) mass is 259 g/mol. The second-order valence-corrected chi connectivity index (χ2v) is 4.28. The van der Waals surface area contributed by atoms with Gasteiger partial charge in [-0.3, -0.25) is 14.5 Å². The molecule has 0 aliphatic heterocycles. The van der Waals surface area contributed by atoms with Crippen molar-refractivity contribution in [1.29, 1.82) is 0 Å². The molecule has 100 valence electrons. The van der Waals surface area contributed by atoms with Gasteiger partial charge >= 0.3 is 0 Å². The molecule has 0 aromatic carbocycles. The van der Waals surface area contributed by atoms with E-state index < -0.39 is 0 Å². The Hall–Kier alpha value is -2.37. The van der Waals surface area contributed by atoms with Gasteiger partial charge in [-0.05, 0) is 19.1 Å². The summed E-state index contributed by atoms with van der Waals surface area (Å²) in [6, 6.07) is 3.71. The van der Waals surface area contributed by atoms with Gasteiger partial charge in [-0.15, -0.1) is 0 Å². The Balaban J connectivity index is 2.07. The molecule has 2 aromatic heterocycles. The van der Waals surface area contributed by atoms with Gasteiger partial charge in [0.2, 0.25) is 0 Å². The first-order chi connectivity index (χ1) is 9.10. The summed E-state index contributed by atoms with van der Waals surface area (Å²) in [6.45, 7) is 2.28. The summed E-state index contributed by atoms with van der Waals surface area (Å²) in [6.07, 6.45) is 3.42. The van der Waals surface area contributed by atoms with Crippen molar-refractivity contribution in [3.63, 3.8) is 0 Å². The quantitative estimate of drug-likeness (QED) is 0.862. The maximum atomic E-state index is 12.1. The lowest BCUT2D eigenvalue weighted by atomic mass is 10.2. The SMILES string of the molecule is CNc1cc(C)ncc1C(=O)NCc1ccn(C)n1. The Kier molecular flexibility index (Phi) is 3.79. The van der Waals surface area contributed by atoms with Crippen LogP contribution in [0.3, 0.4) is 0 Å². The summed E-state index contributed by atoms with van der Waals surface area (Å²) in [5.74, 6) is -0.164. The van der Waals surface area contributed by atoms with E-state index in [1.807, 2.05) is 32.3 Å². The number of carbonyl (C=O) groups excluding carboxylic acids is 1. The maximum absolute atomic E-state index is 12.1. The van der Waals surface area contributed by atoms with Crippen molar-refractivity contribution >= 4 is 11.6 Å². The van der Waals surface area contributed by atoms with Crippen LogP contribution in [0.4, 0.5) is 5.69 Å². The molecule has 0 atom stereocenters. The van der Waals surface area contributed by atoms with Crippen LogP contribution in [0.25, 0.3) is 0 Å². The molecular formula is C13H17N5O. The molecule has 19 heavy (non-hydrogen) atoms. The van der Waals surface area contributed by atoms with Crippen LogP contribution in [0.15, 0.2) is 24.5 Å². The lowest BCUT2D eigenvalue weighted by Gasteiger charge is -2.09. The Morgan fingerprint density at radius 2 is 2.26 bits per heavy atom. The minimum atomic E-state index is -0.164. The molecule has 6 nitrogen and oxygen atoms in total.